The lowest BCUT2D eigenvalue weighted by Crippen LogP contribution is -2.34. The summed E-state index contributed by atoms with van der Waals surface area (Å²) in [5.74, 6) is 0.0143. The van der Waals surface area contributed by atoms with Gasteiger partial charge in [0.25, 0.3) is 5.91 Å². The van der Waals surface area contributed by atoms with Crippen LogP contribution in [0.4, 0.5) is 0 Å². The molecular weight excluding hydrogens is 262 g/mol. The van der Waals surface area contributed by atoms with Crippen molar-refractivity contribution >= 4 is 5.91 Å². The first-order chi connectivity index (χ1) is 10.0. The second-order valence-electron chi connectivity index (χ2n) is 6.86. The minimum Gasteiger partial charge on any atom is -0.396 e. The van der Waals surface area contributed by atoms with Gasteiger partial charge in [0, 0.05) is 18.7 Å². The van der Waals surface area contributed by atoms with Crippen LogP contribution < -0.4 is 5.32 Å². The van der Waals surface area contributed by atoms with E-state index in [1.807, 2.05) is 6.07 Å². The van der Waals surface area contributed by atoms with Crippen molar-refractivity contribution in [2.24, 2.45) is 5.41 Å². The van der Waals surface area contributed by atoms with Crippen molar-refractivity contribution in [2.75, 3.05) is 13.2 Å². The zero-order chi connectivity index (χ0) is 15.3. The standard InChI is InChI=1S/C18H27NO2/c1-18(2,10-5-11-20)13-19-17(21)16-9-8-14-6-3-4-7-15(14)12-16/h8-9,12,20H,3-7,10-11,13H2,1-2H3,(H,19,21). The number of rotatable bonds is 6. The maximum absolute atomic E-state index is 12.3. The predicted molar refractivity (Wildman–Crippen MR) is 85.5 cm³/mol. The highest BCUT2D eigenvalue weighted by Crippen LogP contribution is 2.23. The molecule has 21 heavy (non-hydrogen) atoms. The van der Waals surface area contributed by atoms with Crippen molar-refractivity contribution in [3.63, 3.8) is 0 Å². The van der Waals surface area contributed by atoms with Gasteiger partial charge in [-0.1, -0.05) is 19.9 Å². The van der Waals surface area contributed by atoms with Gasteiger partial charge in [0.15, 0.2) is 0 Å². The molecule has 0 unspecified atom stereocenters. The van der Waals surface area contributed by atoms with Crippen molar-refractivity contribution in [2.45, 2.75) is 52.4 Å². The van der Waals surface area contributed by atoms with E-state index in [-0.39, 0.29) is 17.9 Å². The Morgan fingerprint density at radius 2 is 1.95 bits per heavy atom. The SMILES string of the molecule is CC(C)(CCCO)CNC(=O)c1ccc2c(c1)CCCC2. The summed E-state index contributed by atoms with van der Waals surface area (Å²) in [4.78, 5) is 12.3. The fourth-order valence-electron chi connectivity index (χ4n) is 2.94. The highest BCUT2D eigenvalue weighted by atomic mass is 16.2. The Balaban J connectivity index is 1.94. The average molecular weight is 289 g/mol. The van der Waals surface area contributed by atoms with Gasteiger partial charge >= 0.3 is 0 Å². The first-order valence-corrected chi connectivity index (χ1v) is 8.03. The molecule has 0 saturated carbocycles. The Labute approximate surface area is 127 Å². The summed E-state index contributed by atoms with van der Waals surface area (Å²) in [5.41, 5.74) is 3.54. The maximum atomic E-state index is 12.3. The minimum absolute atomic E-state index is 0.0143. The molecule has 0 radical (unpaired) electrons. The first-order valence-electron chi connectivity index (χ1n) is 8.03. The monoisotopic (exact) mass is 289 g/mol. The zero-order valence-corrected chi connectivity index (χ0v) is 13.2. The Morgan fingerprint density at radius 3 is 2.67 bits per heavy atom. The molecule has 1 amide bonds. The van der Waals surface area contributed by atoms with Crippen LogP contribution in [0, 0.1) is 5.41 Å². The molecule has 1 aromatic carbocycles. The van der Waals surface area contributed by atoms with Crippen LogP contribution >= 0.6 is 0 Å². The van der Waals surface area contributed by atoms with Gasteiger partial charge in [0.05, 0.1) is 0 Å². The van der Waals surface area contributed by atoms with Gasteiger partial charge in [-0.3, -0.25) is 4.79 Å². The van der Waals surface area contributed by atoms with Crippen molar-refractivity contribution in [3.05, 3.63) is 34.9 Å². The topological polar surface area (TPSA) is 49.3 Å². The van der Waals surface area contributed by atoms with Gasteiger partial charge in [-0.05, 0) is 67.2 Å². The lowest BCUT2D eigenvalue weighted by Gasteiger charge is -2.25. The molecule has 0 spiro atoms. The molecule has 0 aromatic heterocycles. The fourth-order valence-corrected chi connectivity index (χ4v) is 2.94. The average Bonchev–Trinajstić information content (AvgIpc) is 2.50. The predicted octanol–water partition coefficient (Wildman–Crippen LogP) is 3.09. The van der Waals surface area contributed by atoms with E-state index < -0.39 is 0 Å². The third-order valence-corrected chi connectivity index (χ3v) is 4.35. The maximum Gasteiger partial charge on any atom is 0.251 e. The first kappa shape index (κ1) is 16.0. The number of hydrogen-bond donors (Lipinski definition) is 2. The molecule has 0 bridgehead atoms. The van der Waals surface area contributed by atoms with Gasteiger partial charge in [-0.15, -0.1) is 0 Å². The molecule has 3 heteroatoms. The molecular formula is C18H27NO2. The Hall–Kier alpha value is -1.35. The summed E-state index contributed by atoms with van der Waals surface area (Å²) in [6.07, 6.45) is 6.42. The molecule has 0 saturated heterocycles. The molecule has 0 aliphatic heterocycles. The Morgan fingerprint density at radius 1 is 1.24 bits per heavy atom. The summed E-state index contributed by atoms with van der Waals surface area (Å²) in [6.45, 7) is 5.09. The molecule has 2 N–H and O–H groups in total. The third-order valence-electron chi connectivity index (χ3n) is 4.35. The lowest BCUT2D eigenvalue weighted by atomic mass is 9.87. The Bertz CT molecular complexity index is 494. The number of fused-ring (bicyclic) bond motifs is 1. The van der Waals surface area contributed by atoms with Crippen LogP contribution in [0.5, 0.6) is 0 Å². The number of carbonyl (C=O) groups is 1. The quantitative estimate of drug-likeness (QED) is 0.845. The van der Waals surface area contributed by atoms with Crippen LogP contribution in [0.15, 0.2) is 18.2 Å². The highest BCUT2D eigenvalue weighted by molar-refractivity contribution is 5.94. The second kappa shape index (κ2) is 7.08. The largest absolute Gasteiger partial charge is 0.396 e. The molecule has 0 atom stereocenters. The molecule has 0 fully saturated rings. The summed E-state index contributed by atoms with van der Waals surface area (Å²) in [5, 5.41) is 11.9. The zero-order valence-electron chi connectivity index (χ0n) is 13.2. The number of nitrogens with one attached hydrogen (secondary N) is 1. The molecule has 0 heterocycles. The number of carbonyl (C=O) groups excluding carboxylic acids is 1. The van der Waals surface area contributed by atoms with Crippen LogP contribution in [0.25, 0.3) is 0 Å². The summed E-state index contributed by atoms with van der Waals surface area (Å²) in [6, 6.07) is 6.12. The normalized spacial score (nSPS) is 14.6. The van der Waals surface area contributed by atoms with Gasteiger partial charge in [-0.2, -0.15) is 0 Å². The molecule has 1 aliphatic rings. The van der Waals surface area contributed by atoms with Crippen LogP contribution in [-0.4, -0.2) is 24.2 Å². The number of aliphatic hydroxyl groups is 1. The number of hydrogen-bond acceptors (Lipinski definition) is 2. The van der Waals surface area contributed by atoms with E-state index in [2.05, 4.69) is 31.3 Å². The number of amides is 1. The minimum atomic E-state index is 0.0143. The van der Waals surface area contributed by atoms with Gasteiger partial charge in [-0.25, -0.2) is 0 Å². The summed E-state index contributed by atoms with van der Waals surface area (Å²) in [7, 11) is 0. The van der Waals surface area contributed by atoms with Crippen LogP contribution in [0.1, 0.15) is 61.0 Å². The summed E-state index contributed by atoms with van der Waals surface area (Å²) < 4.78 is 0. The van der Waals surface area contributed by atoms with Crippen molar-refractivity contribution in [3.8, 4) is 0 Å². The van der Waals surface area contributed by atoms with E-state index in [9.17, 15) is 4.79 Å². The Kier molecular flexibility index (Phi) is 5.40. The fraction of sp³-hybridized carbons (Fsp3) is 0.611. The molecule has 2 rings (SSSR count). The third kappa shape index (κ3) is 4.57. The highest BCUT2D eigenvalue weighted by Gasteiger charge is 2.19. The second-order valence-corrected chi connectivity index (χ2v) is 6.86. The van der Waals surface area contributed by atoms with Gasteiger partial charge < -0.3 is 10.4 Å². The van der Waals surface area contributed by atoms with E-state index in [4.69, 9.17) is 5.11 Å². The molecule has 1 aromatic rings. The van der Waals surface area contributed by atoms with Gasteiger partial charge in [0.1, 0.15) is 0 Å². The molecule has 3 nitrogen and oxygen atoms in total. The van der Waals surface area contributed by atoms with Gasteiger partial charge in [0.2, 0.25) is 0 Å². The van der Waals surface area contributed by atoms with Crippen LogP contribution in [0.3, 0.4) is 0 Å². The van der Waals surface area contributed by atoms with E-state index >= 15 is 0 Å². The van der Waals surface area contributed by atoms with E-state index in [1.165, 1.54) is 24.0 Å². The molecule has 116 valence electrons. The van der Waals surface area contributed by atoms with E-state index in [1.54, 1.807) is 0 Å². The number of benzene rings is 1. The van der Waals surface area contributed by atoms with Crippen LogP contribution in [-0.2, 0) is 12.8 Å². The van der Waals surface area contributed by atoms with Crippen molar-refractivity contribution in [1.29, 1.82) is 0 Å². The van der Waals surface area contributed by atoms with Crippen molar-refractivity contribution < 1.29 is 9.90 Å². The smallest absolute Gasteiger partial charge is 0.251 e. The van der Waals surface area contributed by atoms with E-state index in [0.717, 1.165) is 31.2 Å². The summed E-state index contributed by atoms with van der Waals surface area (Å²) >= 11 is 0. The number of aliphatic hydroxyl groups excluding tert-OH is 1. The van der Waals surface area contributed by atoms with Crippen molar-refractivity contribution in [1.82, 2.24) is 5.32 Å². The van der Waals surface area contributed by atoms with E-state index in [0.29, 0.717) is 6.54 Å². The number of aryl methyl sites for hydroxylation is 2. The molecule has 1 aliphatic carbocycles. The van der Waals surface area contributed by atoms with Crippen LogP contribution in [0.2, 0.25) is 0 Å². The lowest BCUT2D eigenvalue weighted by molar-refractivity contribution is 0.0933.